The number of urea groups is 1. The van der Waals surface area contributed by atoms with Gasteiger partial charge in [0.2, 0.25) is 0 Å². The summed E-state index contributed by atoms with van der Waals surface area (Å²) >= 11 is 6.22. The lowest BCUT2D eigenvalue weighted by molar-refractivity contribution is -0.149. The number of benzene rings is 2. The zero-order chi connectivity index (χ0) is 25.1. The van der Waals surface area contributed by atoms with E-state index in [2.05, 4.69) is 0 Å². The molecular formula is C26H26ClFN2O5. The average Bonchev–Trinajstić information content (AvgIpc) is 2.83. The van der Waals surface area contributed by atoms with Gasteiger partial charge >= 0.3 is 17.6 Å². The van der Waals surface area contributed by atoms with Crippen molar-refractivity contribution in [1.29, 1.82) is 0 Å². The Hall–Kier alpha value is -3.39. The lowest BCUT2D eigenvalue weighted by Gasteiger charge is -2.34. The van der Waals surface area contributed by atoms with E-state index in [0.717, 1.165) is 12.0 Å². The van der Waals surface area contributed by atoms with Crippen LogP contribution in [0.5, 0.6) is 0 Å². The number of carbonyl (C=O) groups is 2. The number of hydrogen-bond donors (Lipinski definition) is 0. The van der Waals surface area contributed by atoms with Gasteiger partial charge in [-0.1, -0.05) is 23.7 Å². The molecule has 35 heavy (non-hydrogen) atoms. The fourth-order valence-corrected chi connectivity index (χ4v) is 4.69. The van der Waals surface area contributed by atoms with Gasteiger partial charge in [-0.15, -0.1) is 0 Å². The van der Waals surface area contributed by atoms with Gasteiger partial charge in [0.05, 0.1) is 17.5 Å². The van der Waals surface area contributed by atoms with Gasteiger partial charge in [-0.3, -0.25) is 4.79 Å². The highest BCUT2D eigenvalue weighted by Gasteiger charge is 2.30. The summed E-state index contributed by atoms with van der Waals surface area (Å²) in [6, 6.07) is 10.5. The Morgan fingerprint density at radius 1 is 1.20 bits per heavy atom. The van der Waals surface area contributed by atoms with Gasteiger partial charge in [0, 0.05) is 49.3 Å². The molecule has 0 bridgehead atoms. The van der Waals surface area contributed by atoms with Crippen molar-refractivity contribution in [1.82, 2.24) is 9.80 Å². The summed E-state index contributed by atoms with van der Waals surface area (Å²) < 4.78 is 24.0. The third-order valence-electron chi connectivity index (χ3n) is 6.09. The van der Waals surface area contributed by atoms with Gasteiger partial charge in [0.25, 0.3) is 0 Å². The molecule has 0 saturated carbocycles. The molecule has 4 rings (SSSR count). The third-order valence-corrected chi connectivity index (χ3v) is 6.40. The molecule has 1 aromatic heterocycles. The Labute approximate surface area is 207 Å². The monoisotopic (exact) mass is 500 g/mol. The number of amides is 2. The van der Waals surface area contributed by atoms with Crippen molar-refractivity contribution in [2.45, 2.75) is 26.3 Å². The highest BCUT2D eigenvalue weighted by Crippen LogP contribution is 2.33. The summed E-state index contributed by atoms with van der Waals surface area (Å²) in [5, 5.41) is 0.832. The van der Waals surface area contributed by atoms with E-state index >= 15 is 0 Å². The van der Waals surface area contributed by atoms with Gasteiger partial charge in [-0.2, -0.15) is 0 Å². The van der Waals surface area contributed by atoms with Crippen molar-refractivity contribution in [3.05, 3.63) is 69.3 Å². The lowest BCUT2D eigenvalue weighted by atomic mass is 9.98. The zero-order valence-electron chi connectivity index (χ0n) is 19.6. The van der Waals surface area contributed by atoms with Crippen LogP contribution >= 0.6 is 11.6 Å². The van der Waals surface area contributed by atoms with Crippen LogP contribution in [0.25, 0.3) is 22.1 Å². The molecule has 1 saturated heterocycles. The van der Waals surface area contributed by atoms with Crippen LogP contribution in [0.1, 0.15) is 25.3 Å². The zero-order valence-corrected chi connectivity index (χ0v) is 20.3. The fourth-order valence-electron chi connectivity index (χ4n) is 4.42. The van der Waals surface area contributed by atoms with Crippen molar-refractivity contribution in [2.24, 2.45) is 5.92 Å². The molecule has 7 nitrogen and oxygen atoms in total. The molecule has 0 unspecified atom stereocenters. The summed E-state index contributed by atoms with van der Waals surface area (Å²) in [5.41, 5.74) is 1.60. The molecule has 9 heteroatoms. The molecule has 0 aliphatic carbocycles. The first-order valence-electron chi connectivity index (χ1n) is 11.5. The Balaban J connectivity index is 1.54. The molecule has 1 fully saturated rings. The standard InChI is InChI=1S/C26H26ClFN2O5/c1-3-34-25(32)17-5-4-10-30(15-17)26(33)29(2)14-16-6-8-20-21(13-24(31)35-23(20)11-16)19-9-7-18(28)12-22(19)27/h6-9,11-13,17H,3-5,10,14-15H2,1-2H3/t17-/m0/s1. The van der Waals surface area contributed by atoms with Gasteiger partial charge in [-0.05, 0) is 49.6 Å². The minimum atomic E-state index is -0.562. The smallest absolute Gasteiger partial charge is 0.336 e. The molecule has 2 aromatic carbocycles. The number of halogens is 2. The maximum atomic E-state index is 13.5. The molecule has 0 N–H and O–H groups in total. The number of rotatable bonds is 5. The fraction of sp³-hybridized carbons (Fsp3) is 0.346. The number of nitrogens with zero attached hydrogens (tertiary/aromatic N) is 2. The topological polar surface area (TPSA) is 80.1 Å². The lowest BCUT2D eigenvalue weighted by Crippen LogP contribution is -2.47. The number of carbonyl (C=O) groups excluding carboxylic acids is 2. The van der Waals surface area contributed by atoms with Gasteiger partial charge in [0.1, 0.15) is 11.4 Å². The number of ether oxygens (including phenoxy) is 1. The first-order valence-corrected chi connectivity index (χ1v) is 11.8. The SMILES string of the molecule is CCOC(=O)[C@H]1CCCN(C(=O)N(C)Cc2ccc3c(-c4ccc(F)cc4Cl)cc(=O)oc3c2)C1. The summed E-state index contributed by atoms with van der Waals surface area (Å²) in [6.45, 7) is 3.26. The second-order valence-electron chi connectivity index (χ2n) is 8.61. The van der Waals surface area contributed by atoms with E-state index in [4.69, 9.17) is 20.8 Å². The van der Waals surface area contributed by atoms with Crippen LogP contribution in [0.4, 0.5) is 9.18 Å². The quantitative estimate of drug-likeness (QED) is 0.360. The van der Waals surface area contributed by atoms with Crippen LogP contribution in [-0.4, -0.2) is 48.5 Å². The summed E-state index contributed by atoms with van der Waals surface area (Å²) in [6.07, 6.45) is 1.44. The van der Waals surface area contributed by atoms with Crippen LogP contribution in [0.3, 0.4) is 0 Å². The van der Waals surface area contributed by atoms with E-state index in [9.17, 15) is 18.8 Å². The number of piperidine rings is 1. The van der Waals surface area contributed by atoms with Crippen molar-refractivity contribution in [3.63, 3.8) is 0 Å². The molecule has 1 aliphatic heterocycles. The predicted molar refractivity (Wildman–Crippen MR) is 131 cm³/mol. The molecule has 2 heterocycles. The minimum Gasteiger partial charge on any atom is -0.466 e. The van der Waals surface area contributed by atoms with E-state index in [-0.39, 0.29) is 29.5 Å². The maximum absolute atomic E-state index is 13.5. The predicted octanol–water partition coefficient (Wildman–Crippen LogP) is 5.08. The van der Waals surface area contributed by atoms with Crippen LogP contribution < -0.4 is 5.63 Å². The summed E-state index contributed by atoms with van der Waals surface area (Å²) in [4.78, 5) is 40.6. The highest BCUT2D eigenvalue weighted by molar-refractivity contribution is 6.33. The first-order chi connectivity index (χ1) is 16.8. The number of hydrogen-bond acceptors (Lipinski definition) is 5. The van der Waals surface area contributed by atoms with Crippen LogP contribution in [0, 0.1) is 11.7 Å². The van der Waals surface area contributed by atoms with Crippen molar-refractivity contribution >= 4 is 34.6 Å². The van der Waals surface area contributed by atoms with E-state index in [1.807, 2.05) is 6.07 Å². The molecule has 2 amide bonds. The minimum absolute atomic E-state index is 0.188. The maximum Gasteiger partial charge on any atom is 0.336 e. The van der Waals surface area contributed by atoms with E-state index in [1.54, 1.807) is 35.9 Å². The van der Waals surface area contributed by atoms with Crippen molar-refractivity contribution < 1.29 is 23.1 Å². The van der Waals surface area contributed by atoms with Crippen LogP contribution in [0.2, 0.25) is 5.02 Å². The Bertz CT molecular complexity index is 1320. The second kappa shape index (κ2) is 10.5. The molecular weight excluding hydrogens is 475 g/mol. The van der Waals surface area contributed by atoms with E-state index in [0.29, 0.717) is 48.2 Å². The second-order valence-corrected chi connectivity index (χ2v) is 9.02. The number of esters is 1. The van der Waals surface area contributed by atoms with E-state index < -0.39 is 11.4 Å². The Morgan fingerprint density at radius 2 is 2.00 bits per heavy atom. The largest absolute Gasteiger partial charge is 0.466 e. The first kappa shape index (κ1) is 24.7. The number of fused-ring (bicyclic) bond motifs is 1. The third kappa shape index (κ3) is 5.48. The number of likely N-dealkylation sites (tertiary alicyclic amines) is 1. The highest BCUT2D eigenvalue weighted by atomic mass is 35.5. The van der Waals surface area contributed by atoms with Gasteiger partial charge < -0.3 is 19.0 Å². The molecule has 184 valence electrons. The molecule has 1 atom stereocenters. The van der Waals surface area contributed by atoms with Crippen molar-refractivity contribution in [2.75, 3.05) is 26.7 Å². The molecule has 0 spiro atoms. The Kier molecular flexibility index (Phi) is 7.40. The molecule has 1 aliphatic rings. The van der Waals surface area contributed by atoms with Gasteiger partial charge in [0.15, 0.2) is 0 Å². The molecule has 3 aromatic rings. The average molecular weight is 501 g/mol. The Morgan fingerprint density at radius 3 is 2.74 bits per heavy atom. The van der Waals surface area contributed by atoms with Crippen molar-refractivity contribution in [3.8, 4) is 11.1 Å². The molecule has 0 radical (unpaired) electrons. The van der Waals surface area contributed by atoms with E-state index in [1.165, 1.54) is 24.3 Å². The summed E-state index contributed by atoms with van der Waals surface area (Å²) in [7, 11) is 1.69. The summed E-state index contributed by atoms with van der Waals surface area (Å²) in [5.74, 6) is -1.05. The van der Waals surface area contributed by atoms with Crippen LogP contribution in [-0.2, 0) is 16.1 Å². The normalized spacial score (nSPS) is 15.8. The van der Waals surface area contributed by atoms with Gasteiger partial charge in [-0.25, -0.2) is 14.0 Å². The van der Waals surface area contributed by atoms with Crippen LogP contribution in [0.15, 0.2) is 51.7 Å².